The molecule has 2 aromatic heterocycles. The zero-order valence-corrected chi connectivity index (χ0v) is 19.0. The molecule has 1 fully saturated rings. The number of aromatic nitrogens is 2. The standard InChI is InChI=1S/C22H24N4O3S2/c1-2-29-17-5-3-16(4-6-17)18-13-31-22-20(18)21(23-14-24-22)30-12-7-19(28)26-10-8-25(15-27)9-11-26/h3-6,13-15H,2,7-12H2,1H3. The predicted molar refractivity (Wildman–Crippen MR) is 124 cm³/mol. The van der Waals surface area contributed by atoms with Crippen LogP contribution < -0.4 is 4.74 Å². The molecule has 0 unspecified atom stereocenters. The van der Waals surface area contributed by atoms with Crippen LogP contribution in [0.3, 0.4) is 0 Å². The van der Waals surface area contributed by atoms with E-state index in [0.717, 1.165) is 38.5 Å². The first-order chi connectivity index (χ1) is 15.2. The van der Waals surface area contributed by atoms with Crippen molar-refractivity contribution < 1.29 is 14.3 Å². The van der Waals surface area contributed by atoms with Gasteiger partial charge in [-0.05, 0) is 24.6 Å². The molecule has 0 atom stereocenters. The van der Waals surface area contributed by atoms with E-state index in [1.54, 1.807) is 34.3 Å². The van der Waals surface area contributed by atoms with Crippen LogP contribution in [0.1, 0.15) is 13.3 Å². The molecular formula is C22H24N4O3S2. The van der Waals surface area contributed by atoms with Crippen molar-refractivity contribution in [3.8, 4) is 16.9 Å². The molecule has 31 heavy (non-hydrogen) atoms. The minimum atomic E-state index is 0.125. The number of rotatable bonds is 8. The Morgan fingerprint density at radius 3 is 2.68 bits per heavy atom. The molecule has 3 aromatic rings. The second kappa shape index (κ2) is 10.1. The maximum atomic E-state index is 12.5. The molecule has 0 bridgehead atoms. The van der Waals surface area contributed by atoms with Crippen LogP contribution in [0.15, 0.2) is 41.0 Å². The molecule has 0 spiro atoms. The number of piperazine rings is 1. The number of benzene rings is 1. The van der Waals surface area contributed by atoms with Crippen LogP contribution in [-0.4, -0.2) is 70.6 Å². The normalized spacial score (nSPS) is 14.1. The Morgan fingerprint density at radius 2 is 1.97 bits per heavy atom. The SMILES string of the molecule is CCOc1ccc(-c2csc3ncnc(SCCC(=O)N4CCN(C=O)CC4)c23)cc1. The molecule has 1 aromatic carbocycles. The van der Waals surface area contributed by atoms with Crippen LogP contribution in [0.5, 0.6) is 5.75 Å². The van der Waals surface area contributed by atoms with Crippen LogP contribution in [0.4, 0.5) is 0 Å². The van der Waals surface area contributed by atoms with Gasteiger partial charge in [-0.3, -0.25) is 9.59 Å². The third-order valence-corrected chi connectivity index (χ3v) is 7.06. The number of carbonyl (C=O) groups is 2. The average Bonchev–Trinajstić information content (AvgIpc) is 3.25. The van der Waals surface area contributed by atoms with Crippen LogP contribution in [0.25, 0.3) is 21.3 Å². The van der Waals surface area contributed by atoms with E-state index >= 15 is 0 Å². The van der Waals surface area contributed by atoms with Crippen LogP contribution >= 0.6 is 23.1 Å². The molecule has 3 heterocycles. The van der Waals surface area contributed by atoms with Crippen LogP contribution in [-0.2, 0) is 9.59 Å². The van der Waals surface area contributed by atoms with Gasteiger partial charge in [0, 0.05) is 49.3 Å². The Labute approximate surface area is 189 Å². The van der Waals surface area contributed by atoms with Crippen molar-refractivity contribution in [1.29, 1.82) is 0 Å². The lowest BCUT2D eigenvalue weighted by atomic mass is 10.1. The summed E-state index contributed by atoms with van der Waals surface area (Å²) in [5.74, 6) is 1.63. The predicted octanol–water partition coefficient (Wildman–Crippen LogP) is 3.54. The number of thiophene rings is 1. The van der Waals surface area contributed by atoms with E-state index in [9.17, 15) is 9.59 Å². The summed E-state index contributed by atoms with van der Waals surface area (Å²) in [6, 6.07) is 8.05. The first kappa shape index (κ1) is 21.6. The summed E-state index contributed by atoms with van der Waals surface area (Å²) in [6.07, 6.45) is 2.88. The van der Waals surface area contributed by atoms with Crippen LogP contribution in [0.2, 0.25) is 0 Å². The first-order valence-electron chi connectivity index (χ1n) is 10.2. The van der Waals surface area contributed by atoms with Crippen molar-refractivity contribution in [3.63, 3.8) is 0 Å². The summed E-state index contributed by atoms with van der Waals surface area (Å²) >= 11 is 3.19. The molecule has 1 aliphatic rings. The van der Waals surface area contributed by atoms with Crippen molar-refractivity contribution in [2.75, 3.05) is 38.5 Å². The number of thioether (sulfide) groups is 1. The number of ether oxygens (including phenoxy) is 1. The summed E-state index contributed by atoms with van der Waals surface area (Å²) in [7, 11) is 0. The van der Waals surface area contributed by atoms with Gasteiger partial charge in [0.1, 0.15) is 21.9 Å². The Morgan fingerprint density at radius 1 is 1.19 bits per heavy atom. The van der Waals surface area contributed by atoms with Crippen molar-refractivity contribution in [2.45, 2.75) is 18.4 Å². The third-order valence-electron chi connectivity index (χ3n) is 5.18. The Balaban J connectivity index is 1.44. The molecule has 7 nitrogen and oxygen atoms in total. The van der Waals surface area contributed by atoms with Crippen molar-refractivity contribution in [3.05, 3.63) is 36.0 Å². The maximum Gasteiger partial charge on any atom is 0.223 e. The molecule has 2 amide bonds. The summed E-state index contributed by atoms with van der Waals surface area (Å²) in [5, 5.41) is 4.04. The van der Waals surface area contributed by atoms with Gasteiger partial charge in [0.05, 0.1) is 12.0 Å². The lowest BCUT2D eigenvalue weighted by molar-refractivity contribution is -0.134. The van der Waals surface area contributed by atoms with Gasteiger partial charge in [0.2, 0.25) is 12.3 Å². The van der Waals surface area contributed by atoms with Gasteiger partial charge in [-0.2, -0.15) is 0 Å². The van der Waals surface area contributed by atoms with E-state index < -0.39 is 0 Å². The van der Waals surface area contributed by atoms with Gasteiger partial charge in [0.25, 0.3) is 0 Å². The van der Waals surface area contributed by atoms with Gasteiger partial charge < -0.3 is 14.5 Å². The molecule has 0 saturated carbocycles. The average molecular weight is 457 g/mol. The fourth-order valence-electron chi connectivity index (χ4n) is 3.54. The maximum absolute atomic E-state index is 12.5. The van der Waals surface area contributed by atoms with E-state index in [0.29, 0.717) is 45.0 Å². The molecule has 1 aliphatic heterocycles. The zero-order chi connectivity index (χ0) is 21.6. The fourth-order valence-corrected chi connectivity index (χ4v) is 5.46. The molecular weight excluding hydrogens is 432 g/mol. The van der Waals surface area contributed by atoms with Gasteiger partial charge in [-0.15, -0.1) is 23.1 Å². The van der Waals surface area contributed by atoms with Crippen molar-refractivity contribution in [2.24, 2.45) is 0 Å². The smallest absolute Gasteiger partial charge is 0.223 e. The number of nitrogens with zero attached hydrogens (tertiary/aromatic N) is 4. The summed E-state index contributed by atoms with van der Waals surface area (Å²) < 4.78 is 5.55. The molecule has 162 valence electrons. The minimum absolute atomic E-state index is 0.125. The van der Waals surface area contributed by atoms with Gasteiger partial charge in [-0.1, -0.05) is 12.1 Å². The topological polar surface area (TPSA) is 75.6 Å². The first-order valence-corrected chi connectivity index (χ1v) is 12.1. The number of hydrogen-bond acceptors (Lipinski definition) is 7. The quantitative estimate of drug-likeness (QED) is 0.293. The second-order valence-electron chi connectivity index (χ2n) is 7.09. The van der Waals surface area contributed by atoms with Gasteiger partial charge >= 0.3 is 0 Å². The minimum Gasteiger partial charge on any atom is -0.494 e. The van der Waals surface area contributed by atoms with E-state index in [1.807, 2.05) is 24.0 Å². The fraction of sp³-hybridized carbons (Fsp3) is 0.364. The molecule has 0 radical (unpaired) electrons. The number of hydrogen-bond donors (Lipinski definition) is 0. The van der Waals surface area contributed by atoms with Crippen molar-refractivity contribution in [1.82, 2.24) is 19.8 Å². The number of fused-ring (bicyclic) bond motifs is 1. The summed E-state index contributed by atoms with van der Waals surface area (Å²) in [5.41, 5.74) is 2.19. The number of carbonyl (C=O) groups excluding carboxylic acids is 2. The third kappa shape index (κ3) is 4.99. The van der Waals surface area contributed by atoms with E-state index in [2.05, 4.69) is 27.5 Å². The summed E-state index contributed by atoms with van der Waals surface area (Å²) in [6.45, 7) is 5.03. The highest BCUT2D eigenvalue weighted by molar-refractivity contribution is 7.99. The molecule has 0 aliphatic carbocycles. The van der Waals surface area contributed by atoms with E-state index in [4.69, 9.17) is 4.74 Å². The molecule has 9 heteroatoms. The molecule has 0 N–H and O–H groups in total. The van der Waals surface area contributed by atoms with Crippen molar-refractivity contribution >= 4 is 45.6 Å². The largest absolute Gasteiger partial charge is 0.494 e. The molecule has 4 rings (SSSR count). The zero-order valence-electron chi connectivity index (χ0n) is 17.3. The highest BCUT2D eigenvalue weighted by atomic mass is 32.2. The van der Waals surface area contributed by atoms with Gasteiger partial charge in [0.15, 0.2) is 0 Å². The monoisotopic (exact) mass is 456 g/mol. The van der Waals surface area contributed by atoms with E-state index in [1.165, 1.54) is 0 Å². The highest BCUT2D eigenvalue weighted by Gasteiger charge is 2.20. The Bertz CT molecular complexity index is 1050. The van der Waals surface area contributed by atoms with Crippen LogP contribution in [0, 0.1) is 0 Å². The Hall–Kier alpha value is -2.65. The lowest BCUT2D eigenvalue weighted by Gasteiger charge is -2.32. The Kier molecular flexibility index (Phi) is 7.03. The molecule has 1 saturated heterocycles. The van der Waals surface area contributed by atoms with E-state index in [-0.39, 0.29) is 5.91 Å². The lowest BCUT2D eigenvalue weighted by Crippen LogP contribution is -2.48. The highest BCUT2D eigenvalue weighted by Crippen LogP contribution is 2.38. The van der Waals surface area contributed by atoms with Gasteiger partial charge in [-0.25, -0.2) is 9.97 Å². The second-order valence-corrected chi connectivity index (χ2v) is 9.03. The summed E-state index contributed by atoms with van der Waals surface area (Å²) in [4.78, 5) is 36.8. The number of amides is 2.